The fourth-order valence-corrected chi connectivity index (χ4v) is 5.39. The van der Waals surface area contributed by atoms with Crippen LogP contribution in [-0.4, -0.2) is 77.7 Å². The molecule has 184 valence electrons. The molecule has 7 heteroatoms. The number of hydrogen-bond acceptors (Lipinski definition) is 4. The van der Waals surface area contributed by atoms with Gasteiger partial charge in [-0.05, 0) is 49.2 Å². The number of nitrogens with one attached hydrogen (secondary N) is 1. The highest BCUT2D eigenvalue weighted by Gasteiger charge is 2.37. The van der Waals surface area contributed by atoms with Gasteiger partial charge in [0.1, 0.15) is 0 Å². The highest BCUT2D eigenvalue weighted by Crippen LogP contribution is 2.25. The van der Waals surface area contributed by atoms with Gasteiger partial charge in [0.25, 0.3) is 11.8 Å². The molecule has 5 rings (SSSR count). The summed E-state index contributed by atoms with van der Waals surface area (Å²) in [7, 11) is 0. The summed E-state index contributed by atoms with van der Waals surface area (Å²) in [6, 6.07) is 17.0. The molecule has 1 aliphatic carbocycles. The van der Waals surface area contributed by atoms with Crippen molar-refractivity contribution >= 4 is 23.4 Å². The number of likely N-dealkylation sites (tertiary alicyclic amines) is 1. The molecule has 0 bridgehead atoms. The largest absolute Gasteiger partial charge is 0.336 e. The van der Waals surface area contributed by atoms with E-state index in [1.165, 1.54) is 6.42 Å². The monoisotopic (exact) mass is 474 g/mol. The van der Waals surface area contributed by atoms with Crippen molar-refractivity contribution in [3.05, 3.63) is 65.7 Å². The van der Waals surface area contributed by atoms with E-state index in [1.54, 1.807) is 12.1 Å². The van der Waals surface area contributed by atoms with E-state index in [1.807, 2.05) is 52.3 Å². The SMILES string of the molecule is O=C(Nc1ccc(C(=O)N2CC(N3CCN(C(=O)c4ccccc4)CC3)C2)cc1)C1CCCCC1. The number of amides is 3. The van der Waals surface area contributed by atoms with Gasteiger partial charge in [0, 0.05) is 68.0 Å². The van der Waals surface area contributed by atoms with Crippen molar-refractivity contribution in [3.8, 4) is 0 Å². The minimum atomic E-state index is 0.0318. The average molecular weight is 475 g/mol. The van der Waals surface area contributed by atoms with Crippen molar-refractivity contribution in [2.45, 2.75) is 38.1 Å². The standard InChI is InChI=1S/C28H34N4O3/c33-26(21-7-3-1-4-8-21)29-24-13-11-23(12-14-24)28(35)32-19-25(20-32)30-15-17-31(18-16-30)27(34)22-9-5-2-6-10-22/h2,5-6,9-14,21,25H,1,3-4,7-8,15-20H2,(H,29,33). The molecule has 2 aliphatic heterocycles. The number of carbonyl (C=O) groups excluding carboxylic acids is 3. The van der Waals surface area contributed by atoms with E-state index in [9.17, 15) is 14.4 Å². The maximum Gasteiger partial charge on any atom is 0.253 e. The Morgan fingerprint density at radius 2 is 1.29 bits per heavy atom. The maximum atomic E-state index is 12.9. The predicted octanol–water partition coefficient (Wildman–Crippen LogP) is 3.49. The molecule has 1 N–H and O–H groups in total. The van der Waals surface area contributed by atoms with Crippen LogP contribution in [0.5, 0.6) is 0 Å². The molecule has 1 saturated carbocycles. The van der Waals surface area contributed by atoms with Gasteiger partial charge in [0.2, 0.25) is 5.91 Å². The van der Waals surface area contributed by atoms with E-state index in [4.69, 9.17) is 0 Å². The summed E-state index contributed by atoms with van der Waals surface area (Å²) in [6.45, 7) is 4.52. The number of piperazine rings is 1. The second-order valence-electron chi connectivity index (χ2n) is 9.96. The Kier molecular flexibility index (Phi) is 7.13. The molecular weight excluding hydrogens is 440 g/mol. The maximum absolute atomic E-state index is 12.9. The van der Waals surface area contributed by atoms with Crippen LogP contribution in [0.1, 0.15) is 52.8 Å². The minimum absolute atomic E-state index is 0.0318. The lowest BCUT2D eigenvalue weighted by molar-refractivity contribution is -0.120. The molecule has 0 unspecified atom stereocenters. The van der Waals surface area contributed by atoms with Crippen LogP contribution in [0, 0.1) is 5.92 Å². The fraction of sp³-hybridized carbons (Fsp3) is 0.464. The van der Waals surface area contributed by atoms with Crippen LogP contribution in [0.25, 0.3) is 0 Å². The summed E-state index contributed by atoms with van der Waals surface area (Å²) in [4.78, 5) is 44.2. The van der Waals surface area contributed by atoms with Crippen LogP contribution < -0.4 is 5.32 Å². The molecule has 2 aromatic carbocycles. The first-order valence-electron chi connectivity index (χ1n) is 12.9. The van der Waals surface area contributed by atoms with E-state index >= 15 is 0 Å². The van der Waals surface area contributed by atoms with E-state index in [-0.39, 0.29) is 23.6 Å². The number of rotatable bonds is 5. The van der Waals surface area contributed by atoms with Crippen LogP contribution >= 0.6 is 0 Å². The zero-order chi connectivity index (χ0) is 24.2. The molecule has 2 aromatic rings. The molecule has 2 heterocycles. The van der Waals surface area contributed by atoms with Gasteiger partial charge >= 0.3 is 0 Å². The van der Waals surface area contributed by atoms with Gasteiger partial charge in [-0.3, -0.25) is 19.3 Å². The van der Waals surface area contributed by atoms with Crippen LogP contribution in [0.15, 0.2) is 54.6 Å². The lowest BCUT2D eigenvalue weighted by Gasteiger charge is -2.48. The molecule has 0 radical (unpaired) electrons. The highest BCUT2D eigenvalue weighted by molar-refractivity contribution is 5.97. The summed E-state index contributed by atoms with van der Waals surface area (Å²) in [6.07, 6.45) is 5.42. The Bertz CT molecular complexity index is 1040. The summed E-state index contributed by atoms with van der Waals surface area (Å²) < 4.78 is 0. The second-order valence-corrected chi connectivity index (χ2v) is 9.96. The molecule has 0 aromatic heterocycles. The zero-order valence-electron chi connectivity index (χ0n) is 20.2. The van der Waals surface area contributed by atoms with Gasteiger partial charge < -0.3 is 15.1 Å². The van der Waals surface area contributed by atoms with Gasteiger partial charge in [0.05, 0.1) is 0 Å². The number of hydrogen-bond donors (Lipinski definition) is 1. The quantitative estimate of drug-likeness (QED) is 0.720. The van der Waals surface area contributed by atoms with Gasteiger partial charge in [-0.1, -0.05) is 37.5 Å². The third-order valence-electron chi connectivity index (χ3n) is 7.66. The Balaban J connectivity index is 1.06. The first kappa shape index (κ1) is 23.5. The topological polar surface area (TPSA) is 73.0 Å². The molecule has 2 saturated heterocycles. The Hall–Kier alpha value is -3.19. The molecule has 7 nitrogen and oxygen atoms in total. The number of carbonyl (C=O) groups is 3. The fourth-order valence-electron chi connectivity index (χ4n) is 5.39. The number of anilines is 1. The lowest BCUT2D eigenvalue weighted by Crippen LogP contribution is -2.64. The normalized spacial score (nSPS) is 19.8. The summed E-state index contributed by atoms with van der Waals surface area (Å²) in [5.41, 5.74) is 2.14. The van der Waals surface area contributed by atoms with E-state index in [0.29, 0.717) is 37.8 Å². The molecule has 3 fully saturated rings. The third kappa shape index (κ3) is 5.40. The van der Waals surface area contributed by atoms with Crippen molar-refractivity contribution in [2.75, 3.05) is 44.6 Å². The Morgan fingerprint density at radius 3 is 1.94 bits per heavy atom. The molecule has 0 spiro atoms. The summed E-state index contributed by atoms with van der Waals surface area (Å²) in [5.74, 6) is 0.333. The summed E-state index contributed by atoms with van der Waals surface area (Å²) in [5, 5.41) is 3.01. The van der Waals surface area contributed by atoms with Crippen LogP contribution in [-0.2, 0) is 4.79 Å². The van der Waals surface area contributed by atoms with E-state index in [0.717, 1.165) is 50.0 Å². The van der Waals surface area contributed by atoms with Crippen molar-refractivity contribution < 1.29 is 14.4 Å². The number of nitrogens with zero attached hydrogens (tertiary/aromatic N) is 3. The van der Waals surface area contributed by atoms with Crippen molar-refractivity contribution in [2.24, 2.45) is 5.92 Å². The third-order valence-corrected chi connectivity index (χ3v) is 7.66. The van der Waals surface area contributed by atoms with E-state index in [2.05, 4.69) is 10.2 Å². The van der Waals surface area contributed by atoms with E-state index < -0.39 is 0 Å². The van der Waals surface area contributed by atoms with Gasteiger partial charge in [-0.2, -0.15) is 0 Å². The molecule has 3 aliphatic rings. The molecule has 35 heavy (non-hydrogen) atoms. The van der Waals surface area contributed by atoms with Crippen LogP contribution in [0.2, 0.25) is 0 Å². The van der Waals surface area contributed by atoms with Gasteiger partial charge in [-0.25, -0.2) is 0 Å². The van der Waals surface area contributed by atoms with Crippen LogP contribution in [0.3, 0.4) is 0 Å². The number of benzene rings is 2. The van der Waals surface area contributed by atoms with Gasteiger partial charge in [-0.15, -0.1) is 0 Å². The lowest BCUT2D eigenvalue weighted by atomic mass is 9.88. The smallest absolute Gasteiger partial charge is 0.253 e. The van der Waals surface area contributed by atoms with Crippen molar-refractivity contribution in [3.63, 3.8) is 0 Å². The highest BCUT2D eigenvalue weighted by atomic mass is 16.2. The Morgan fingerprint density at radius 1 is 0.686 bits per heavy atom. The second kappa shape index (κ2) is 10.6. The predicted molar refractivity (Wildman–Crippen MR) is 135 cm³/mol. The first-order valence-corrected chi connectivity index (χ1v) is 12.9. The van der Waals surface area contributed by atoms with Crippen LogP contribution in [0.4, 0.5) is 5.69 Å². The van der Waals surface area contributed by atoms with Gasteiger partial charge in [0.15, 0.2) is 0 Å². The Labute approximate surface area is 207 Å². The zero-order valence-corrected chi connectivity index (χ0v) is 20.2. The molecular formula is C28H34N4O3. The average Bonchev–Trinajstić information content (AvgIpc) is 2.89. The molecule has 3 amide bonds. The van der Waals surface area contributed by atoms with Crippen molar-refractivity contribution in [1.82, 2.24) is 14.7 Å². The van der Waals surface area contributed by atoms with Crippen molar-refractivity contribution in [1.29, 1.82) is 0 Å². The minimum Gasteiger partial charge on any atom is -0.336 e. The summed E-state index contributed by atoms with van der Waals surface area (Å²) >= 11 is 0. The first-order chi connectivity index (χ1) is 17.1. The molecule has 0 atom stereocenters.